The Labute approximate surface area is 81.0 Å². The minimum atomic E-state index is -3.35. The Morgan fingerprint density at radius 2 is 2.36 bits per heavy atom. The van der Waals surface area contributed by atoms with Crippen LogP contribution in [0.15, 0.2) is 27.9 Å². The number of azide groups is 1. The zero-order valence-corrected chi connectivity index (χ0v) is 8.19. The molecule has 0 saturated carbocycles. The fourth-order valence-corrected chi connectivity index (χ4v) is 3.33. The highest BCUT2D eigenvalue weighted by atomic mass is 32.2. The molecule has 0 aromatic carbocycles. The third-order valence-corrected chi connectivity index (χ3v) is 4.08. The van der Waals surface area contributed by atoms with Crippen molar-refractivity contribution in [3.8, 4) is 0 Å². The maximum Gasteiger partial charge on any atom is 0.237 e. The Balaban J connectivity index is 2.54. The van der Waals surface area contributed by atoms with Crippen molar-refractivity contribution in [2.24, 2.45) is 11.0 Å². The van der Waals surface area contributed by atoms with E-state index in [-0.39, 0.29) is 12.0 Å². The van der Waals surface area contributed by atoms with E-state index >= 15 is 0 Å². The van der Waals surface area contributed by atoms with Gasteiger partial charge in [-0.3, -0.25) is 0 Å². The Morgan fingerprint density at radius 3 is 2.93 bits per heavy atom. The third kappa shape index (κ3) is 1.22. The lowest BCUT2D eigenvalue weighted by atomic mass is 9.97. The van der Waals surface area contributed by atoms with E-state index in [9.17, 15) is 8.42 Å². The number of sulfonamides is 1. The summed E-state index contributed by atoms with van der Waals surface area (Å²) in [6, 6.07) is -0.277. The summed E-state index contributed by atoms with van der Waals surface area (Å²) in [7, 11) is -3.35. The van der Waals surface area contributed by atoms with Gasteiger partial charge in [0, 0.05) is 22.6 Å². The fraction of sp³-hybridized carbons (Fsp3) is 0.429. The lowest BCUT2D eigenvalue weighted by molar-refractivity contribution is 0.581. The Hall–Kier alpha value is -1.30. The van der Waals surface area contributed by atoms with Crippen molar-refractivity contribution in [3.63, 3.8) is 0 Å². The molecule has 2 bridgehead atoms. The number of nitrogens with zero attached hydrogens (tertiary/aromatic N) is 3. The van der Waals surface area contributed by atoms with Crippen LogP contribution in [0.4, 0.5) is 0 Å². The van der Waals surface area contributed by atoms with Crippen LogP contribution in [0.5, 0.6) is 0 Å². The van der Waals surface area contributed by atoms with Gasteiger partial charge in [-0.25, -0.2) is 13.1 Å². The predicted molar refractivity (Wildman–Crippen MR) is 50.3 cm³/mol. The maximum absolute atomic E-state index is 11.5. The number of allylic oxidation sites excluding steroid dienone is 1. The molecule has 1 N–H and O–H groups in total. The maximum atomic E-state index is 11.5. The molecule has 1 aliphatic heterocycles. The smallest absolute Gasteiger partial charge is 0.207 e. The SMILES string of the molecule is CC1C2=CC(N=[N+]=[N-])=CC1NS2(=O)=O. The van der Waals surface area contributed by atoms with Gasteiger partial charge in [-0.05, 0) is 11.6 Å². The third-order valence-electron chi connectivity index (χ3n) is 2.39. The summed E-state index contributed by atoms with van der Waals surface area (Å²) in [6.45, 7) is 1.82. The van der Waals surface area contributed by atoms with E-state index in [0.29, 0.717) is 10.6 Å². The van der Waals surface area contributed by atoms with E-state index in [4.69, 9.17) is 5.53 Å². The van der Waals surface area contributed by atoms with E-state index in [1.807, 2.05) is 6.92 Å². The van der Waals surface area contributed by atoms with Gasteiger partial charge in [0.05, 0.1) is 4.91 Å². The second-order valence-corrected chi connectivity index (χ2v) is 4.98. The van der Waals surface area contributed by atoms with Crippen molar-refractivity contribution < 1.29 is 8.42 Å². The number of rotatable bonds is 1. The van der Waals surface area contributed by atoms with Crippen molar-refractivity contribution in [3.05, 3.63) is 33.2 Å². The molecule has 74 valence electrons. The molecule has 1 heterocycles. The van der Waals surface area contributed by atoms with E-state index in [1.54, 1.807) is 6.08 Å². The molecule has 0 radical (unpaired) electrons. The highest BCUT2D eigenvalue weighted by molar-refractivity contribution is 7.93. The number of nitrogens with one attached hydrogen (secondary N) is 1. The Bertz CT molecular complexity index is 484. The molecule has 0 aromatic rings. The van der Waals surface area contributed by atoms with Crippen LogP contribution in [0.25, 0.3) is 10.4 Å². The average Bonchev–Trinajstić information content (AvgIpc) is 2.26. The zero-order valence-electron chi connectivity index (χ0n) is 7.38. The molecule has 0 aromatic heterocycles. The number of hydrogen-bond donors (Lipinski definition) is 1. The molecule has 0 spiro atoms. The van der Waals surface area contributed by atoms with Crippen molar-refractivity contribution in [2.75, 3.05) is 0 Å². The van der Waals surface area contributed by atoms with E-state index in [0.717, 1.165) is 0 Å². The summed E-state index contributed by atoms with van der Waals surface area (Å²) in [4.78, 5) is 2.92. The van der Waals surface area contributed by atoms with E-state index < -0.39 is 10.0 Å². The molecule has 2 unspecified atom stereocenters. The lowest BCUT2D eigenvalue weighted by Crippen LogP contribution is -2.26. The number of fused-ring (bicyclic) bond motifs is 2. The van der Waals surface area contributed by atoms with Crippen LogP contribution in [-0.4, -0.2) is 14.5 Å². The molecule has 14 heavy (non-hydrogen) atoms. The first-order valence-electron chi connectivity index (χ1n) is 4.05. The standard InChI is InChI=1S/C7H8N4O2S/c1-4-6-2-5(9-11-8)3-7(4)14(12,13)10-6/h2-4,6,10H,1H3. The normalized spacial score (nSPS) is 32.9. The van der Waals surface area contributed by atoms with Crippen molar-refractivity contribution in [1.82, 2.24) is 4.72 Å². The van der Waals surface area contributed by atoms with Crippen LogP contribution in [0.3, 0.4) is 0 Å². The van der Waals surface area contributed by atoms with Gasteiger partial charge in [-0.1, -0.05) is 18.1 Å². The highest BCUT2D eigenvalue weighted by Gasteiger charge is 2.40. The van der Waals surface area contributed by atoms with Crippen LogP contribution >= 0.6 is 0 Å². The lowest BCUT2D eigenvalue weighted by Gasteiger charge is -2.13. The summed E-state index contributed by atoms with van der Waals surface area (Å²) in [5, 5.41) is 3.39. The van der Waals surface area contributed by atoms with Gasteiger partial charge >= 0.3 is 0 Å². The molecule has 1 saturated heterocycles. The van der Waals surface area contributed by atoms with Gasteiger partial charge in [-0.2, -0.15) is 0 Å². The first kappa shape index (κ1) is 9.26. The highest BCUT2D eigenvalue weighted by Crippen LogP contribution is 2.34. The van der Waals surface area contributed by atoms with Crippen molar-refractivity contribution in [2.45, 2.75) is 13.0 Å². The molecular formula is C7H8N4O2S. The summed E-state index contributed by atoms with van der Waals surface area (Å²) < 4.78 is 25.4. The van der Waals surface area contributed by atoms with Gasteiger partial charge in [0.2, 0.25) is 10.0 Å². The minimum Gasteiger partial charge on any atom is -0.207 e. The summed E-state index contributed by atoms with van der Waals surface area (Å²) in [5.41, 5.74) is 8.59. The van der Waals surface area contributed by atoms with Gasteiger partial charge < -0.3 is 0 Å². The Kier molecular flexibility index (Phi) is 1.88. The molecule has 0 amide bonds. The Morgan fingerprint density at radius 1 is 1.64 bits per heavy atom. The summed E-state index contributed by atoms with van der Waals surface area (Å²) >= 11 is 0. The van der Waals surface area contributed by atoms with Crippen molar-refractivity contribution >= 4 is 10.0 Å². The van der Waals surface area contributed by atoms with Crippen LogP contribution in [0.1, 0.15) is 6.92 Å². The molecule has 7 heteroatoms. The summed E-state index contributed by atoms with van der Waals surface area (Å²) in [6.07, 6.45) is 3.04. The topological polar surface area (TPSA) is 94.9 Å². The zero-order chi connectivity index (χ0) is 10.3. The molecule has 1 fully saturated rings. The molecule has 2 atom stereocenters. The first-order valence-corrected chi connectivity index (χ1v) is 5.54. The van der Waals surface area contributed by atoms with Gasteiger partial charge in [0.1, 0.15) is 0 Å². The number of hydrogen-bond acceptors (Lipinski definition) is 3. The predicted octanol–water partition coefficient (Wildman–Crippen LogP) is 1.02. The molecule has 2 rings (SSSR count). The second-order valence-electron chi connectivity index (χ2n) is 3.26. The van der Waals surface area contributed by atoms with Crippen LogP contribution in [-0.2, 0) is 10.0 Å². The molecule has 2 aliphatic rings. The second kappa shape index (κ2) is 2.84. The molecule has 6 nitrogen and oxygen atoms in total. The summed E-state index contributed by atoms with van der Waals surface area (Å²) in [5.74, 6) is -0.0855. The largest absolute Gasteiger partial charge is 0.237 e. The van der Waals surface area contributed by atoms with Crippen LogP contribution in [0, 0.1) is 5.92 Å². The quantitative estimate of drug-likeness (QED) is 0.399. The molecule has 1 aliphatic carbocycles. The minimum absolute atomic E-state index is 0.0855. The van der Waals surface area contributed by atoms with Crippen LogP contribution in [0.2, 0.25) is 0 Å². The van der Waals surface area contributed by atoms with Gasteiger partial charge in [-0.15, -0.1) is 0 Å². The molecular weight excluding hydrogens is 204 g/mol. The van der Waals surface area contributed by atoms with Crippen LogP contribution < -0.4 is 4.72 Å². The van der Waals surface area contributed by atoms with E-state index in [1.165, 1.54) is 6.08 Å². The van der Waals surface area contributed by atoms with Crippen molar-refractivity contribution in [1.29, 1.82) is 0 Å². The van der Waals surface area contributed by atoms with Gasteiger partial charge in [0.15, 0.2) is 0 Å². The monoisotopic (exact) mass is 212 g/mol. The first-order chi connectivity index (χ1) is 6.54. The van der Waals surface area contributed by atoms with E-state index in [2.05, 4.69) is 14.7 Å². The van der Waals surface area contributed by atoms with Gasteiger partial charge in [0.25, 0.3) is 0 Å². The fourth-order valence-electron chi connectivity index (χ4n) is 1.65. The average molecular weight is 212 g/mol.